The predicted molar refractivity (Wildman–Crippen MR) is 125 cm³/mol. The van der Waals surface area contributed by atoms with Crippen LogP contribution >= 0.6 is 0 Å². The van der Waals surface area contributed by atoms with Crippen LogP contribution in [0, 0.1) is 11.8 Å². The molecule has 4 aliphatic rings. The molecule has 1 aromatic rings. The number of rotatable bonds is 3. The second-order valence-electron chi connectivity index (χ2n) is 10.5. The Morgan fingerprint density at radius 2 is 1.74 bits per heavy atom. The minimum Gasteiger partial charge on any atom is -0.510 e. The lowest BCUT2D eigenvalue weighted by molar-refractivity contribution is -0.148. The number of ketones is 2. The molecule has 4 aliphatic carbocycles. The topological polar surface area (TPSA) is 161 Å². The molecule has 1 aromatic carbocycles. The van der Waals surface area contributed by atoms with E-state index in [4.69, 9.17) is 5.73 Å². The third-order valence-corrected chi connectivity index (χ3v) is 8.44. The number of allylic oxidation sites excluding steroid dienone is 1. The fraction of sp³-hybridized carbons (Fsp3) is 0.500. The summed E-state index contributed by atoms with van der Waals surface area (Å²) in [5.74, 6) is -5.96. The second kappa shape index (κ2) is 7.93. The van der Waals surface area contributed by atoms with E-state index in [-0.39, 0.29) is 29.2 Å². The number of carbonyl (C=O) groups excluding carboxylic acids is 3. The summed E-state index contributed by atoms with van der Waals surface area (Å²) in [6.45, 7) is 0. The first-order valence-electron chi connectivity index (χ1n) is 12.0. The lowest BCUT2D eigenvalue weighted by Gasteiger charge is -2.50. The van der Waals surface area contributed by atoms with Crippen molar-refractivity contribution in [2.45, 2.75) is 56.1 Å². The summed E-state index contributed by atoms with van der Waals surface area (Å²) in [6, 6.07) is 2.37. The van der Waals surface area contributed by atoms with Gasteiger partial charge in [0, 0.05) is 11.5 Å². The lowest BCUT2D eigenvalue weighted by atomic mass is 9.58. The summed E-state index contributed by atoms with van der Waals surface area (Å²) in [6.07, 6.45) is 4.63. The van der Waals surface area contributed by atoms with Gasteiger partial charge in [-0.15, -0.1) is 0 Å². The van der Waals surface area contributed by atoms with Gasteiger partial charge in [-0.05, 0) is 68.8 Å². The number of phenols is 1. The molecule has 186 valence electrons. The van der Waals surface area contributed by atoms with Gasteiger partial charge >= 0.3 is 0 Å². The molecule has 1 saturated carbocycles. The fourth-order valence-corrected chi connectivity index (χ4v) is 6.89. The maximum atomic E-state index is 13.7. The fourth-order valence-electron chi connectivity index (χ4n) is 6.89. The van der Waals surface area contributed by atoms with Crippen LogP contribution in [0.5, 0.6) is 5.75 Å². The van der Waals surface area contributed by atoms with E-state index in [1.165, 1.54) is 6.07 Å². The molecule has 0 radical (unpaired) electrons. The number of fused-ring (bicyclic) bond motifs is 3. The number of amides is 1. The van der Waals surface area contributed by atoms with Gasteiger partial charge in [0.2, 0.25) is 5.78 Å². The summed E-state index contributed by atoms with van der Waals surface area (Å²) in [5, 5.41) is 44.4. The number of phenolic OH excluding ortho intramolecular Hbond substituents is 1. The molecule has 0 heterocycles. The van der Waals surface area contributed by atoms with Crippen molar-refractivity contribution in [3.8, 4) is 5.75 Å². The number of primary amides is 1. The Kier molecular flexibility index (Phi) is 5.34. The van der Waals surface area contributed by atoms with Gasteiger partial charge < -0.3 is 26.2 Å². The van der Waals surface area contributed by atoms with E-state index in [2.05, 4.69) is 0 Å². The Hall–Kier alpha value is -3.17. The van der Waals surface area contributed by atoms with Crippen LogP contribution in [0.25, 0.3) is 0 Å². The van der Waals surface area contributed by atoms with Crippen molar-refractivity contribution in [3.63, 3.8) is 0 Å². The molecule has 9 nitrogen and oxygen atoms in total. The average molecular weight is 483 g/mol. The first-order chi connectivity index (χ1) is 16.5. The number of aliphatic hydroxyl groups excluding tert-OH is 2. The van der Waals surface area contributed by atoms with Gasteiger partial charge in [-0.3, -0.25) is 19.3 Å². The molecule has 35 heavy (non-hydrogen) atoms. The molecular formula is C26H30N2O7. The number of likely N-dealkylation sites (N-methyl/N-ethyl adjacent to an activating group) is 1. The number of nitrogens with two attached hydrogens (primary N) is 1. The summed E-state index contributed by atoms with van der Waals surface area (Å²) in [4.78, 5) is 40.6. The zero-order valence-electron chi connectivity index (χ0n) is 19.7. The minimum atomic E-state index is -2.61. The van der Waals surface area contributed by atoms with Crippen molar-refractivity contribution in [2.24, 2.45) is 17.6 Å². The average Bonchev–Trinajstić information content (AvgIpc) is 3.30. The van der Waals surface area contributed by atoms with Gasteiger partial charge in [0.15, 0.2) is 11.4 Å². The van der Waals surface area contributed by atoms with E-state index in [0.717, 1.165) is 36.8 Å². The summed E-state index contributed by atoms with van der Waals surface area (Å²) < 4.78 is 0. The first kappa shape index (κ1) is 23.6. The smallest absolute Gasteiger partial charge is 0.255 e. The predicted octanol–water partition coefficient (Wildman–Crippen LogP) is 1.78. The number of aromatic hydroxyl groups is 1. The molecule has 1 fully saturated rings. The maximum Gasteiger partial charge on any atom is 0.255 e. The first-order valence-corrected chi connectivity index (χ1v) is 12.0. The highest BCUT2D eigenvalue weighted by molar-refractivity contribution is 6.24. The molecule has 0 bridgehead atoms. The number of hydrogen-bond donors (Lipinski definition) is 5. The van der Waals surface area contributed by atoms with E-state index in [9.17, 15) is 34.8 Å². The Labute approximate surface area is 202 Å². The normalized spacial score (nSPS) is 31.0. The van der Waals surface area contributed by atoms with E-state index >= 15 is 0 Å². The van der Waals surface area contributed by atoms with Crippen LogP contribution in [-0.2, 0) is 16.0 Å². The lowest BCUT2D eigenvalue weighted by Crippen LogP contribution is -2.63. The Morgan fingerprint density at radius 1 is 1.09 bits per heavy atom. The van der Waals surface area contributed by atoms with Crippen molar-refractivity contribution in [1.82, 2.24) is 4.90 Å². The molecular weight excluding hydrogens is 452 g/mol. The van der Waals surface area contributed by atoms with Gasteiger partial charge in [-0.2, -0.15) is 0 Å². The molecule has 0 aliphatic heterocycles. The number of benzene rings is 1. The summed E-state index contributed by atoms with van der Waals surface area (Å²) in [5.41, 5.74) is 3.68. The number of Topliss-reactive ketones (excluding diaryl/α,β-unsaturated/α-hetero) is 2. The van der Waals surface area contributed by atoms with Crippen molar-refractivity contribution < 1.29 is 34.8 Å². The Morgan fingerprint density at radius 3 is 2.34 bits per heavy atom. The second-order valence-corrected chi connectivity index (χ2v) is 10.5. The molecule has 0 aromatic heterocycles. The van der Waals surface area contributed by atoms with E-state index in [1.807, 2.05) is 6.07 Å². The van der Waals surface area contributed by atoms with Crippen molar-refractivity contribution in [2.75, 3.05) is 14.1 Å². The van der Waals surface area contributed by atoms with Crippen molar-refractivity contribution in [3.05, 3.63) is 51.5 Å². The zero-order valence-corrected chi connectivity index (χ0v) is 19.7. The third-order valence-electron chi connectivity index (χ3n) is 8.44. The van der Waals surface area contributed by atoms with Crippen molar-refractivity contribution >= 4 is 17.5 Å². The van der Waals surface area contributed by atoms with E-state index < -0.39 is 58.0 Å². The molecule has 4 atom stereocenters. The SMILES string of the molecule is CN(C)[C@H]1C(O)=C(C(N)=O)C(=O)[C@@]2(O)C(O)=C3C(=O)c4c(O)ccc(C5CCCC5)c4C[C@@H]3C[C@H]12. The van der Waals surface area contributed by atoms with Gasteiger partial charge in [0.1, 0.15) is 22.8 Å². The monoisotopic (exact) mass is 482 g/mol. The Balaban J connectivity index is 1.70. The van der Waals surface area contributed by atoms with Crippen LogP contribution in [0.2, 0.25) is 0 Å². The highest BCUT2D eigenvalue weighted by Gasteiger charge is 2.63. The van der Waals surface area contributed by atoms with Crippen LogP contribution < -0.4 is 5.73 Å². The van der Waals surface area contributed by atoms with Gasteiger partial charge in [-0.25, -0.2) is 0 Å². The molecule has 6 N–H and O–H groups in total. The van der Waals surface area contributed by atoms with Crippen molar-refractivity contribution in [1.29, 1.82) is 0 Å². The third kappa shape index (κ3) is 3.11. The molecule has 0 spiro atoms. The Bertz CT molecular complexity index is 1220. The van der Waals surface area contributed by atoms with Crippen LogP contribution in [0.1, 0.15) is 59.5 Å². The molecule has 0 unspecified atom stereocenters. The quantitative estimate of drug-likeness (QED) is 0.407. The zero-order chi connectivity index (χ0) is 25.4. The summed E-state index contributed by atoms with van der Waals surface area (Å²) in [7, 11) is 3.23. The molecule has 1 amide bonds. The number of nitrogens with zero attached hydrogens (tertiary/aromatic N) is 1. The maximum absolute atomic E-state index is 13.7. The summed E-state index contributed by atoms with van der Waals surface area (Å²) >= 11 is 0. The number of aliphatic hydroxyl groups is 3. The molecule has 0 saturated heterocycles. The van der Waals surface area contributed by atoms with Crippen LogP contribution in [0.15, 0.2) is 34.8 Å². The highest BCUT2D eigenvalue weighted by Crippen LogP contribution is 2.53. The number of hydrogen-bond acceptors (Lipinski definition) is 8. The van der Waals surface area contributed by atoms with Crippen LogP contribution in [0.4, 0.5) is 0 Å². The number of carbonyl (C=O) groups is 3. The molecule has 5 rings (SSSR count). The van der Waals surface area contributed by atoms with E-state index in [1.54, 1.807) is 19.0 Å². The largest absolute Gasteiger partial charge is 0.510 e. The highest BCUT2D eigenvalue weighted by atomic mass is 16.3. The minimum absolute atomic E-state index is 0.0928. The van der Waals surface area contributed by atoms with Crippen LogP contribution in [-0.4, -0.2) is 68.5 Å². The molecule has 9 heteroatoms. The van der Waals surface area contributed by atoms with E-state index in [0.29, 0.717) is 6.42 Å². The van der Waals surface area contributed by atoms with Gasteiger partial charge in [0.25, 0.3) is 5.91 Å². The standard InChI is InChI=1S/C26H30N2O7/c1-28(2)20-15-10-12-9-14-13(11-5-3-4-6-11)7-8-16(29)18(14)21(30)17(12)23(32)26(15,35)24(33)19(22(20)31)25(27)34/h7-8,11-12,15,20,29,31-32,35H,3-6,9-10H2,1-2H3,(H2,27,34)/t12-,15-,20-,26+/m1/s1. The van der Waals surface area contributed by atoms with Crippen LogP contribution in [0.3, 0.4) is 0 Å². The van der Waals surface area contributed by atoms with Gasteiger partial charge in [-0.1, -0.05) is 18.9 Å². The van der Waals surface area contributed by atoms with Gasteiger partial charge in [0.05, 0.1) is 11.6 Å².